The molecule has 2 aromatic rings. The summed E-state index contributed by atoms with van der Waals surface area (Å²) in [6.07, 6.45) is 9.93. The Balaban J connectivity index is 2.07. The van der Waals surface area contributed by atoms with Crippen LogP contribution in [0.3, 0.4) is 0 Å². The molecule has 1 aliphatic heterocycles. The zero-order chi connectivity index (χ0) is 43.9. The predicted octanol–water partition coefficient (Wildman–Crippen LogP) is 3.42. The van der Waals surface area contributed by atoms with Crippen LogP contribution < -0.4 is 42.2 Å². The Morgan fingerprint density at radius 3 is 2.10 bits per heavy atom. The van der Waals surface area contributed by atoms with Gasteiger partial charge in [-0.2, -0.15) is 10.5 Å². The average molecular weight is 830 g/mol. The number of benzene rings is 2. The Bertz CT molecular complexity index is 1830. The number of nitrogens with two attached hydrogens (primary N) is 2. The van der Waals surface area contributed by atoms with Crippen LogP contribution in [0.25, 0.3) is 11.1 Å². The molecule has 16 nitrogen and oxygen atoms in total. The standard InChI is InChI=1S/C44H63N9O7/c1-4-5-6-7-8-9-10-11-12-15-39(54)51-35(14-13-20-45)44(58)53(3)40-32-17-19-38(60-26-23-48)34(29-32)33-27-31(16-18-37(33)59-25-22-47)28-36(42(56)49-24-21-46)52-41(55)30(2)50-43(40)57/h16-19,27,29-30,35-36,40H,4-15,22-26,28,47-48H2,1-3H3,(H,49,56)(H,50,57)(H,51,54)(H,52,55)/t30-,35+,36-,40-/m0/s1. The third kappa shape index (κ3) is 15.1. The van der Waals surface area contributed by atoms with Crippen LogP contribution in [0.5, 0.6) is 11.5 Å². The van der Waals surface area contributed by atoms with Crippen LogP contribution in [0.4, 0.5) is 0 Å². The van der Waals surface area contributed by atoms with Crippen molar-refractivity contribution in [3.8, 4) is 34.8 Å². The number of hydrogen-bond donors (Lipinski definition) is 6. The van der Waals surface area contributed by atoms with E-state index in [4.69, 9.17) is 26.2 Å². The maximum absolute atomic E-state index is 14.4. The summed E-state index contributed by atoms with van der Waals surface area (Å²) in [4.78, 5) is 70.1. The summed E-state index contributed by atoms with van der Waals surface area (Å²) in [7, 11) is 1.43. The first-order valence-electron chi connectivity index (χ1n) is 21.1. The molecule has 0 saturated heterocycles. The Morgan fingerprint density at radius 2 is 1.48 bits per heavy atom. The SMILES string of the molecule is CCCCCCCCCCCC(=O)N[C@H](CCC#N)C(=O)N(C)[C@@H]1C(=O)N[C@@H](C)C(=O)N[C@H](C(=O)NCC#N)Cc2ccc(OCCN)c(c2)-c2cc1ccc2OCCN. The minimum atomic E-state index is -1.36. The second kappa shape index (κ2) is 26.4. The molecule has 0 spiro atoms. The van der Waals surface area contributed by atoms with E-state index in [1.54, 1.807) is 36.4 Å². The lowest BCUT2D eigenvalue weighted by Gasteiger charge is -2.32. The number of nitriles is 2. The first kappa shape index (κ1) is 48.7. The lowest BCUT2D eigenvalue weighted by molar-refractivity contribution is -0.143. The molecule has 0 unspecified atom stereocenters. The highest BCUT2D eigenvalue weighted by atomic mass is 16.5. The normalized spacial score (nSPS) is 16.8. The molecule has 326 valence electrons. The molecule has 0 aromatic heterocycles. The average Bonchev–Trinajstić information content (AvgIpc) is 3.24. The fourth-order valence-electron chi connectivity index (χ4n) is 7.03. The smallest absolute Gasteiger partial charge is 0.248 e. The van der Waals surface area contributed by atoms with Gasteiger partial charge in [0.2, 0.25) is 29.5 Å². The third-order valence-corrected chi connectivity index (χ3v) is 10.2. The number of carbonyl (C=O) groups excluding carboxylic acids is 5. The van der Waals surface area contributed by atoms with Gasteiger partial charge in [-0.3, -0.25) is 24.0 Å². The number of likely N-dealkylation sites (N-methyl/N-ethyl adjacent to an activating group) is 1. The summed E-state index contributed by atoms with van der Waals surface area (Å²) >= 11 is 0. The molecule has 4 atom stereocenters. The van der Waals surface area contributed by atoms with Crippen LogP contribution in [0, 0.1) is 22.7 Å². The van der Waals surface area contributed by atoms with Gasteiger partial charge in [0.05, 0.1) is 12.1 Å². The highest BCUT2D eigenvalue weighted by Gasteiger charge is 2.36. The summed E-state index contributed by atoms with van der Waals surface area (Å²) in [6, 6.07) is 9.30. The van der Waals surface area contributed by atoms with Crippen molar-refractivity contribution < 1.29 is 33.4 Å². The molecule has 0 radical (unpaired) electrons. The maximum atomic E-state index is 14.4. The molecule has 3 rings (SSSR count). The molecule has 0 aliphatic carbocycles. The van der Waals surface area contributed by atoms with Gasteiger partial charge in [-0.05, 0) is 55.2 Å². The van der Waals surface area contributed by atoms with E-state index in [9.17, 15) is 29.2 Å². The van der Waals surface area contributed by atoms with Crippen molar-refractivity contribution in [1.82, 2.24) is 26.2 Å². The highest BCUT2D eigenvalue weighted by Crippen LogP contribution is 2.40. The van der Waals surface area contributed by atoms with Crippen molar-refractivity contribution in [3.63, 3.8) is 0 Å². The quantitative estimate of drug-likeness (QED) is 0.0699. The van der Waals surface area contributed by atoms with E-state index in [-0.39, 0.29) is 64.4 Å². The molecular formula is C44H63N9O7. The molecule has 2 aromatic carbocycles. The number of nitrogens with zero attached hydrogens (tertiary/aromatic N) is 3. The van der Waals surface area contributed by atoms with Gasteiger partial charge in [-0.25, -0.2) is 0 Å². The van der Waals surface area contributed by atoms with E-state index in [0.717, 1.165) is 19.3 Å². The van der Waals surface area contributed by atoms with Gasteiger partial charge in [0.1, 0.15) is 55.4 Å². The molecule has 4 bridgehead atoms. The minimum absolute atomic E-state index is 0.0112. The van der Waals surface area contributed by atoms with Crippen LogP contribution in [-0.4, -0.2) is 92.5 Å². The number of ether oxygens (including phenoxy) is 2. The zero-order valence-electron chi connectivity index (χ0n) is 35.4. The van der Waals surface area contributed by atoms with E-state index in [1.807, 2.05) is 12.1 Å². The van der Waals surface area contributed by atoms with E-state index < -0.39 is 47.8 Å². The molecular weight excluding hydrogens is 767 g/mol. The Morgan fingerprint density at radius 1 is 0.867 bits per heavy atom. The second-order valence-corrected chi connectivity index (χ2v) is 15.0. The molecule has 16 heteroatoms. The van der Waals surface area contributed by atoms with Crippen molar-refractivity contribution >= 4 is 29.5 Å². The Hall–Kier alpha value is -5.71. The third-order valence-electron chi connectivity index (χ3n) is 10.2. The number of fused-ring (bicyclic) bond motifs is 5. The highest BCUT2D eigenvalue weighted by molar-refractivity contribution is 5.96. The lowest BCUT2D eigenvalue weighted by Crippen LogP contribution is -2.56. The molecule has 5 amide bonds. The fraction of sp³-hybridized carbons (Fsp3) is 0.568. The van der Waals surface area contributed by atoms with Crippen LogP contribution in [-0.2, 0) is 30.4 Å². The first-order chi connectivity index (χ1) is 29.0. The summed E-state index contributed by atoms with van der Waals surface area (Å²) < 4.78 is 12.1. The molecule has 0 fully saturated rings. The number of rotatable bonds is 23. The lowest BCUT2D eigenvalue weighted by atomic mass is 9.93. The summed E-state index contributed by atoms with van der Waals surface area (Å²) in [6.45, 7) is 4.06. The first-order valence-corrected chi connectivity index (χ1v) is 21.1. The fourth-order valence-corrected chi connectivity index (χ4v) is 7.03. The van der Waals surface area contributed by atoms with Crippen molar-refractivity contribution in [3.05, 3.63) is 47.5 Å². The maximum Gasteiger partial charge on any atom is 0.248 e. The van der Waals surface area contributed by atoms with Crippen LogP contribution >= 0.6 is 0 Å². The van der Waals surface area contributed by atoms with Crippen LogP contribution in [0.15, 0.2) is 36.4 Å². The van der Waals surface area contributed by atoms with E-state index in [1.165, 1.54) is 51.0 Å². The summed E-state index contributed by atoms with van der Waals surface area (Å²) in [5.41, 5.74) is 13.6. The predicted molar refractivity (Wildman–Crippen MR) is 227 cm³/mol. The molecule has 1 heterocycles. The summed E-state index contributed by atoms with van der Waals surface area (Å²) in [5.74, 6) is -2.17. The van der Waals surface area contributed by atoms with Crippen molar-refractivity contribution in [2.24, 2.45) is 11.5 Å². The topological polar surface area (TPSA) is 255 Å². The largest absolute Gasteiger partial charge is 0.492 e. The van der Waals surface area contributed by atoms with Crippen LogP contribution in [0.2, 0.25) is 0 Å². The number of hydrogen-bond acceptors (Lipinski definition) is 11. The minimum Gasteiger partial charge on any atom is -0.492 e. The van der Waals surface area contributed by atoms with Gasteiger partial charge in [0.25, 0.3) is 0 Å². The number of unbranched alkanes of at least 4 members (excludes halogenated alkanes) is 8. The second-order valence-electron chi connectivity index (χ2n) is 15.0. The van der Waals surface area contributed by atoms with Gasteiger partial charge >= 0.3 is 0 Å². The van der Waals surface area contributed by atoms with E-state index >= 15 is 0 Å². The molecule has 0 saturated carbocycles. The van der Waals surface area contributed by atoms with E-state index in [2.05, 4.69) is 28.2 Å². The Kier molecular flexibility index (Phi) is 21.4. The molecule has 8 N–H and O–H groups in total. The van der Waals surface area contributed by atoms with Crippen LogP contribution in [0.1, 0.15) is 108 Å². The zero-order valence-corrected chi connectivity index (χ0v) is 35.4. The number of carbonyl (C=O) groups is 5. The van der Waals surface area contributed by atoms with Crippen molar-refractivity contribution in [2.75, 3.05) is 39.9 Å². The van der Waals surface area contributed by atoms with Crippen molar-refractivity contribution in [1.29, 1.82) is 10.5 Å². The summed E-state index contributed by atoms with van der Waals surface area (Å²) in [5, 5.41) is 29.3. The van der Waals surface area contributed by atoms with Crippen molar-refractivity contribution in [2.45, 2.75) is 121 Å². The number of amides is 5. The van der Waals surface area contributed by atoms with Gasteiger partial charge < -0.3 is 47.1 Å². The van der Waals surface area contributed by atoms with Gasteiger partial charge in [-0.1, -0.05) is 70.4 Å². The molecule has 1 aliphatic rings. The van der Waals surface area contributed by atoms with Gasteiger partial charge in [-0.15, -0.1) is 0 Å². The number of nitrogens with one attached hydrogen (secondary N) is 4. The van der Waals surface area contributed by atoms with Gasteiger partial charge in [0.15, 0.2) is 0 Å². The Labute approximate surface area is 354 Å². The van der Waals surface area contributed by atoms with E-state index in [0.29, 0.717) is 40.2 Å². The monoisotopic (exact) mass is 829 g/mol. The molecule has 60 heavy (non-hydrogen) atoms. The van der Waals surface area contributed by atoms with Gasteiger partial charge in [0, 0.05) is 50.5 Å².